The second kappa shape index (κ2) is 7.53. The molecule has 0 bridgehead atoms. The van der Waals surface area contributed by atoms with Crippen LogP contribution >= 0.6 is 0 Å². The van der Waals surface area contributed by atoms with Gasteiger partial charge in [0, 0.05) is 18.8 Å². The first-order valence-corrected chi connectivity index (χ1v) is 12.2. The molecular weight excluding hydrogens is 376 g/mol. The number of fused-ring (bicyclic) bond motifs is 5. The second-order valence-electron chi connectivity index (χ2n) is 10.7. The summed E-state index contributed by atoms with van der Waals surface area (Å²) >= 11 is 0. The largest absolute Gasteiger partial charge is 0.491 e. The molecule has 7 atom stereocenters. The minimum atomic E-state index is -0.284. The quantitative estimate of drug-likeness (QED) is 0.347. The normalized spacial score (nSPS) is 44.8. The summed E-state index contributed by atoms with van der Waals surface area (Å²) in [6.07, 6.45) is 17.7. The van der Waals surface area contributed by atoms with Gasteiger partial charge in [-0.15, -0.1) is 0 Å². The predicted octanol–water partition coefficient (Wildman–Crippen LogP) is 5.51. The fraction of sp³-hybridized carbons (Fsp3) is 0.769. The van der Waals surface area contributed by atoms with Crippen LogP contribution in [0.1, 0.15) is 84.5 Å². The van der Waals surface area contributed by atoms with E-state index in [2.05, 4.69) is 19.1 Å². The lowest BCUT2D eigenvalue weighted by Crippen LogP contribution is -2.53. The van der Waals surface area contributed by atoms with Crippen LogP contribution in [0.2, 0.25) is 0 Å². The highest BCUT2D eigenvalue weighted by Gasteiger charge is 2.61. The van der Waals surface area contributed by atoms with E-state index in [4.69, 9.17) is 9.47 Å². The van der Waals surface area contributed by atoms with Crippen LogP contribution in [0.5, 0.6) is 0 Å². The summed E-state index contributed by atoms with van der Waals surface area (Å²) < 4.78 is 12.0. The van der Waals surface area contributed by atoms with Gasteiger partial charge in [-0.05, 0) is 94.1 Å². The van der Waals surface area contributed by atoms with E-state index in [-0.39, 0.29) is 29.0 Å². The Balaban J connectivity index is 1.38. The molecule has 0 aromatic heterocycles. The van der Waals surface area contributed by atoms with Crippen molar-refractivity contribution < 1.29 is 19.1 Å². The van der Waals surface area contributed by atoms with Crippen molar-refractivity contribution in [3.05, 3.63) is 23.5 Å². The Morgan fingerprint density at radius 1 is 1.10 bits per heavy atom. The van der Waals surface area contributed by atoms with E-state index < -0.39 is 0 Å². The lowest BCUT2D eigenvalue weighted by Gasteiger charge is -2.57. The Bertz CT molecular complexity index is 782. The lowest BCUT2D eigenvalue weighted by molar-refractivity contribution is -0.157. The van der Waals surface area contributed by atoms with Crippen LogP contribution in [0.3, 0.4) is 0 Å². The number of esters is 1. The predicted molar refractivity (Wildman–Crippen MR) is 114 cm³/mol. The van der Waals surface area contributed by atoms with Crippen molar-refractivity contribution in [2.45, 2.75) is 96.7 Å². The summed E-state index contributed by atoms with van der Waals surface area (Å²) in [5.74, 6) is 2.58. The van der Waals surface area contributed by atoms with Gasteiger partial charge in [0.15, 0.2) is 0 Å². The minimum absolute atomic E-state index is 0.0499. The van der Waals surface area contributed by atoms with Gasteiger partial charge in [0.1, 0.15) is 18.5 Å². The van der Waals surface area contributed by atoms with Crippen molar-refractivity contribution in [1.82, 2.24) is 0 Å². The maximum Gasteiger partial charge on any atom is 0.302 e. The number of carbonyl (C=O) groups excluding carboxylic acids is 2. The van der Waals surface area contributed by atoms with Gasteiger partial charge in [-0.2, -0.15) is 0 Å². The highest BCUT2D eigenvalue weighted by atomic mass is 16.5. The maximum absolute atomic E-state index is 12.6. The van der Waals surface area contributed by atoms with Crippen LogP contribution in [0, 0.1) is 28.6 Å². The molecule has 0 spiro atoms. The number of aldehydes is 1. The zero-order chi connectivity index (χ0) is 20.9. The molecule has 0 N–H and O–H groups in total. The third-order valence-corrected chi connectivity index (χ3v) is 9.41. The first-order chi connectivity index (χ1) is 14.5. The van der Waals surface area contributed by atoms with Crippen molar-refractivity contribution in [3.8, 4) is 0 Å². The number of ether oxygens (including phenoxy) is 2. The Morgan fingerprint density at radius 3 is 2.70 bits per heavy atom. The number of rotatable bonds is 4. The summed E-state index contributed by atoms with van der Waals surface area (Å²) in [7, 11) is 0. The molecule has 0 aliphatic heterocycles. The van der Waals surface area contributed by atoms with Gasteiger partial charge in [-0.1, -0.05) is 12.5 Å². The lowest BCUT2D eigenvalue weighted by atomic mass is 9.47. The molecule has 5 rings (SSSR count). The molecular formula is C26H36O4. The van der Waals surface area contributed by atoms with Gasteiger partial charge < -0.3 is 14.3 Å². The van der Waals surface area contributed by atoms with Crippen molar-refractivity contribution >= 4 is 12.3 Å². The molecule has 5 aliphatic rings. The third kappa shape index (κ3) is 3.08. The van der Waals surface area contributed by atoms with Crippen LogP contribution < -0.4 is 0 Å². The first kappa shape index (κ1) is 20.3. The van der Waals surface area contributed by atoms with Gasteiger partial charge in [0.25, 0.3) is 0 Å². The van der Waals surface area contributed by atoms with Crippen LogP contribution in [0.4, 0.5) is 0 Å². The number of hydrogen-bond donors (Lipinski definition) is 0. The smallest absolute Gasteiger partial charge is 0.302 e. The summed E-state index contributed by atoms with van der Waals surface area (Å²) in [6.45, 7) is 3.87. The van der Waals surface area contributed by atoms with Gasteiger partial charge in [0.2, 0.25) is 0 Å². The van der Waals surface area contributed by atoms with E-state index in [1.165, 1.54) is 25.2 Å². The molecule has 2 unspecified atom stereocenters. The summed E-state index contributed by atoms with van der Waals surface area (Å²) in [5, 5.41) is 0. The fourth-order valence-electron chi connectivity index (χ4n) is 8.00. The zero-order valence-corrected chi connectivity index (χ0v) is 18.5. The average molecular weight is 413 g/mol. The highest BCUT2D eigenvalue weighted by Crippen LogP contribution is 2.65. The zero-order valence-electron chi connectivity index (χ0n) is 18.5. The van der Waals surface area contributed by atoms with E-state index in [1.54, 1.807) is 0 Å². The van der Waals surface area contributed by atoms with E-state index >= 15 is 0 Å². The second-order valence-corrected chi connectivity index (χ2v) is 10.7. The Labute approximate surface area is 180 Å². The summed E-state index contributed by atoms with van der Waals surface area (Å²) in [4.78, 5) is 24.3. The van der Waals surface area contributed by atoms with Crippen LogP contribution in [-0.2, 0) is 19.1 Å². The van der Waals surface area contributed by atoms with E-state index in [0.29, 0.717) is 17.8 Å². The average Bonchev–Trinajstić information content (AvgIpc) is 3.35. The molecule has 0 aromatic carbocycles. The van der Waals surface area contributed by atoms with Crippen molar-refractivity contribution in [2.24, 2.45) is 28.6 Å². The molecule has 30 heavy (non-hydrogen) atoms. The summed E-state index contributed by atoms with van der Waals surface area (Å²) in [6, 6.07) is 0. The van der Waals surface area contributed by atoms with Crippen LogP contribution in [0.25, 0.3) is 0 Å². The van der Waals surface area contributed by atoms with Crippen molar-refractivity contribution in [3.63, 3.8) is 0 Å². The Morgan fingerprint density at radius 2 is 1.97 bits per heavy atom. The van der Waals surface area contributed by atoms with Crippen LogP contribution in [-0.4, -0.2) is 24.5 Å². The van der Waals surface area contributed by atoms with Crippen molar-refractivity contribution in [2.75, 3.05) is 0 Å². The number of carbonyl (C=O) groups is 2. The SMILES string of the molecule is CC(=O)OC1CC[C@H]2[C@@H]3CCC4=CC(OC5=CCCC5)CC[C@]4(C=O)[C@@H]3CC[C@]12C. The van der Waals surface area contributed by atoms with Crippen LogP contribution in [0.15, 0.2) is 23.5 Å². The molecule has 4 heteroatoms. The number of hydrogen-bond acceptors (Lipinski definition) is 4. The topological polar surface area (TPSA) is 52.6 Å². The fourth-order valence-corrected chi connectivity index (χ4v) is 8.00. The molecule has 0 aromatic rings. The minimum Gasteiger partial charge on any atom is -0.491 e. The Kier molecular flexibility index (Phi) is 5.10. The number of allylic oxidation sites excluding steroid dienone is 3. The maximum atomic E-state index is 12.6. The molecule has 0 radical (unpaired) electrons. The molecule has 164 valence electrons. The molecule has 5 aliphatic carbocycles. The van der Waals surface area contributed by atoms with Gasteiger partial charge in [-0.3, -0.25) is 4.79 Å². The molecule has 0 heterocycles. The van der Waals surface area contributed by atoms with E-state index in [0.717, 1.165) is 70.0 Å². The molecule has 4 nitrogen and oxygen atoms in total. The Hall–Kier alpha value is -1.58. The molecule has 3 fully saturated rings. The molecule has 0 saturated heterocycles. The van der Waals surface area contributed by atoms with Gasteiger partial charge >= 0.3 is 5.97 Å². The van der Waals surface area contributed by atoms with Gasteiger partial charge in [-0.25, -0.2) is 0 Å². The summed E-state index contributed by atoms with van der Waals surface area (Å²) in [5.41, 5.74) is 1.15. The van der Waals surface area contributed by atoms with E-state index in [1.807, 2.05) is 0 Å². The van der Waals surface area contributed by atoms with E-state index in [9.17, 15) is 9.59 Å². The highest BCUT2D eigenvalue weighted by molar-refractivity contribution is 5.68. The third-order valence-electron chi connectivity index (χ3n) is 9.41. The monoisotopic (exact) mass is 412 g/mol. The molecule has 0 amide bonds. The molecule has 3 saturated carbocycles. The van der Waals surface area contributed by atoms with Gasteiger partial charge in [0.05, 0.1) is 11.2 Å². The van der Waals surface area contributed by atoms with Crippen molar-refractivity contribution in [1.29, 1.82) is 0 Å². The first-order valence-electron chi connectivity index (χ1n) is 12.2. The standard InChI is InChI=1S/C26H36O4/c1-17(28)29-24-10-9-22-21-8-7-18-15-20(30-19-5-3-4-6-19)11-14-26(18,16-27)23(21)12-13-25(22,24)2/h5,15-16,20-24H,3-4,6-14H2,1-2H3/t20?,21-,22-,23+,24?,25-,26+/m0/s1.